The van der Waals surface area contributed by atoms with Crippen LogP contribution in [0.25, 0.3) is 0 Å². The predicted molar refractivity (Wildman–Crippen MR) is 126 cm³/mol. The van der Waals surface area contributed by atoms with Crippen molar-refractivity contribution in [3.05, 3.63) is 47.0 Å². The van der Waals surface area contributed by atoms with Crippen LogP contribution in [0.3, 0.4) is 0 Å². The molecule has 2 heteroatoms. The molecule has 0 radical (unpaired) electrons. The Balaban J connectivity index is 1.34. The van der Waals surface area contributed by atoms with Crippen molar-refractivity contribution in [1.29, 1.82) is 0 Å². The van der Waals surface area contributed by atoms with Gasteiger partial charge in [-0.25, -0.2) is 8.78 Å². The fourth-order valence-electron chi connectivity index (χ4n) is 6.94. The summed E-state index contributed by atoms with van der Waals surface area (Å²) in [7, 11) is 0. The van der Waals surface area contributed by atoms with Crippen LogP contribution < -0.4 is 0 Å². The molecular weight excluding hydrogens is 386 g/mol. The third kappa shape index (κ3) is 5.79. The van der Waals surface area contributed by atoms with Gasteiger partial charge in [0.2, 0.25) is 0 Å². The van der Waals surface area contributed by atoms with E-state index in [1.54, 1.807) is 6.08 Å². The molecule has 1 aromatic carbocycles. The monoisotopic (exact) mass is 428 g/mol. The minimum absolute atomic E-state index is 0.0714. The lowest BCUT2D eigenvalue weighted by Crippen LogP contribution is -2.30. The standard InChI is InChI=1S/C29H42F2/c1-2-3-4-5-6-7-21-9-11-26-19-27(20-29(31)28(26)17-21)25-13-12-23-16-22(14-15-30)8-10-24(23)18-25/h14-15,19-25H,2-13,16-18H2,1H3/b15-14+. The molecule has 0 nitrogen and oxygen atoms in total. The van der Waals surface area contributed by atoms with Gasteiger partial charge in [0.15, 0.2) is 0 Å². The number of halogens is 2. The first-order valence-corrected chi connectivity index (χ1v) is 13.3. The molecule has 3 aliphatic carbocycles. The van der Waals surface area contributed by atoms with Gasteiger partial charge in [-0.1, -0.05) is 57.6 Å². The summed E-state index contributed by atoms with van der Waals surface area (Å²) in [5.41, 5.74) is 3.59. The average molecular weight is 429 g/mol. The first-order valence-electron chi connectivity index (χ1n) is 13.3. The quantitative estimate of drug-likeness (QED) is 0.362. The van der Waals surface area contributed by atoms with Crippen LogP contribution in [0.1, 0.15) is 113 Å². The van der Waals surface area contributed by atoms with Crippen LogP contribution in [0.5, 0.6) is 0 Å². The van der Waals surface area contributed by atoms with Crippen molar-refractivity contribution in [2.45, 2.75) is 109 Å². The van der Waals surface area contributed by atoms with E-state index in [-0.39, 0.29) is 5.82 Å². The van der Waals surface area contributed by atoms with E-state index in [9.17, 15) is 4.39 Å². The maximum atomic E-state index is 15.2. The molecule has 0 amide bonds. The van der Waals surface area contributed by atoms with Crippen LogP contribution in [0, 0.1) is 29.5 Å². The van der Waals surface area contributed by atoms with Crippen molar-refractivity contribution in [2.24, 2.45) is 23.7 Å². The van der Waals surface area contributed by atoms with Gasteiger partial charge in [0.05, 0.1) is 6.33 Å². The lowest BCUT2D eigenvalue weighted by molar-refractivity contribution is 0.133. The highest BCUT2D eigenvalue weighted by Crippen LogP contribution is 2.48. The summed E-state index contributed by atoms with van der Waals surface area (Å²) < 4.78 is 27.7. The molecule has 0 heterocycles. The van der Waals surface area contributed by atoms with E-state index in [2.05, 4.69) is 13.0 Å². The fraction of sp³-hybridized carbons (Fsp3) is 0.724. The van der Waals surface area contributed by atoms with Gasteiger partial charge < -0.3 is 0 Å². The Morgan fingerprint density at radius 2 is 1.74 bits per heavy atom. The molecule has 0 spiro atoms. The second-order valence-corrected chi connectivity index (χ2v) is 10.9. The van der Waals surface area contributed by atoms with E-state index in [4.69, 9.17) is 0 Å². The van der Waals surface area contributed by atoms with Gasteiger partial charge in [0, 0.05) is 0 Å². The van der Waals surface area contributed by atoms with Crippen LogP contribution >= 0.6 is 0 Å². The molecular formula is C29H42F2. The SMILES string of the molecule is CCCCCCCC1CCc2cc(C3CCC4CC(/C=C/F)CCC4C3)cc(F)c2C1. The Morgan fingerprint density at radius 3 is 2.58 bits per heavy atom. The third-order valence-electron chi connectivity index (χ3n) is 8.81. The van der Waals surface area contributed by atoms with Crippen molar-refractivity contribution in [2.75, 3.05) is 0 Å². The lowest BCUT2D eigenvalue weighted by Gasteiger charge is -2.42. The van der Waals surface area contributed by atoms with E-state index >= 15 is 4.39 Å². The number of allylic oxidation sites excluding steroid dienone is 1. The fourth-order valence-corrected chi connectivity index (χ4v) is 6.94. The van der Waals surface area contributed by atoms with Crippen LogP contribution in [-0.4, -0.2) is 0 Å². The van der Waals surface area contributed by atoms with Gasteiger partial charge in [-0.15, -0.1) is 0 Å². The minimum Gasteiger partial charge on any atom is -0.216 e. The Kier molecular flexibility index (Phi) is 8.24. The molecule has 0 N–H and O–H groups in total. The highest BCUT2D eigenvalue weighted by atomic mass is 19.1. The molecule has 0 bridgehead atoms. The third-order valence-corrected chi connectivity index (χ3v) is 8.81. The molecule has 2 fully saturated rings. The highest BCUT2D eigenvalue weighted by Gasteiger charge is 2.36. The smallest absolute Gasteiger partial charge is 0.126 e. The number of benzene rings is 1. The number of unbranched alkanes of at least 4 members (excludes halogenated alkanes) is 4. The molecule has 0 aromatic heterocycles. The summed E-state index contributed by atoms with van der Waals surface area (Å²) in [5, 5.41) is 0. The van der Waals surface area contributed by atoms with Crippen LogP contribution in [0.4, 0.5) is 8.78 Å². The molecule has 2 saturated carbocycles. The van der Waals surface area contributed by atoms with Crippen molar-refractivity contribution < 1.29 is 8.78 Å². The topological polar surface area (TPSA) is 0 Å². The number of hydrogen-bond donors (Lipinski definition) is 0. The Labute approximate surface area is 188 Å². The highest BCUT2D eigenvalue weighted by molar-refractivity contribution is 5.37. The average Bonchev–Trinajstić information content (AvgIpc) is 2.79. The molecule has 172 valence electrons. The number of fused-ring (bicyclic) bond motifs is 2. The summed E-state index contributed by atoms with van der Waals surface area (Å²) in [5.74, 6) is 3.20. The lowest BCUT2D eigenvalue weighted by atomic mass is 9.63. The van der Waals surface area contributed by atoms with E-state index in [1.807, 2.05) is 6.07 Å². The van der Waals surface area contributed by atoms with E-state index in [0.717, 1.165) is 49.4 Å². The van der Waals surface area contributed by atoms with Gasteiger partial charge in [-0.05, 0) is 110 Å². The Bertz CT molecular complexity index is 736. The van der Waals surface area contributed by atoms with Gasteiger partial charge in [-0.3, -0.25) is 0 Å². The predicted octanol–water partition coefficient (Wildman–Crippen LogP) is 9.07. The van der Waals surface area contributed by atoms with Gasteiger partial charge in [0.25, 0.3) is 0 Å². The van der Waals surface area contributed by atoms with Crippen LogP contribution in [-0.2, 0) is 12.8 Å². The molecule has 31 heavy (non-hydrogen) atoms. The molecule has 5 atom stereocenters. The summed E-state index contributed by atoms with van der Waals surface area (Å²) in [4.78, 5) is 0. The minimum atomic E-state index is 0.0714. The van der Waals surface area contributed by atoms with Crippen LogP contribution in [0.2, 0.25) is 0 Å². The van der Waals surface area contributed by atoms with Gasteiger partial charge in [0.1, 0.15) is 5.82 Å². The maximum absolute atomic E-state index is 15.2. The second-order valence-electron chi connectivity index (χ2n) is 10.9. The number of rotatable bonds is 8. The van der Waals surface area contributed by atoms with Crippen molar-refractivity contribution in [3.63, 3.8) is 0 Å². The van der Waals surface area contributed by atoms with Crippen molar-refractivity contribution in [3.8, 4) is 0 Å². The Morgan fingerprint density at radius 1 is 0.935 bits per heavy atom. The van der Waals surface area contributed by atoms with E-state index in [0.29, 0.717) is 17.8 Å². The Hall–Kier alpha value is -1.18. The molecule has 0 saturated heterocycles. The normalized spacial score (nSPS) is 30.9. The molecule has 4 rings (SSSR count). The molecule has 0 aliphatic heterocycles. The van der Waals surface area contributed by atoms with Gasteiger partial charge >= 0.3 is 0 Å². The first kappa shape index (κ1) is 23.0. The summed E-state index contributed by atoms with van der Waals surface area (Å²) in [6, 6.07) is 4.27. The number of hydrogen-bond acceptors (Lipinski definition) is 0. The van der Waals surface area contributed by atoms with E-state index < -0.39 is 0 Å². The van der Waals surface area contributed by atoms with Crippen LogP contribution in [0.15, 0.2) is 24.5 Å². The molecule has 5 unspecified atom stereocenters. The van der Waals surface area contributed by atoms with Gasteiger partial charge in [-0.2, -0.15) is 0 Å². The summed E-state index contributed by atoms with van der Waals surface area (Å²) >= 11 is 0. The molecule has 1 aromatic rings. The zero-order valence-corrected chi connectivity index (χ0v) is 19.6. The summed E-state index contributed by atoms with van der Waals surface area (Å²) in [6.07, 6.45) is 20.8. The van der Waals surface area contributed by atoms with Crippen molar-refractivity contribution >= 4 is 0 Å². The van der Waals surface area contributed by atoms with E-state index in [1.165, 1.54) is 81.8 Å². The first-order chi connectivity index (χ1) is 15.2. The molecule has 3 aliphatic rings. The maximum Gasteiger partial charge on any atom is 0.126 e. The summed E-state index contributed by atoms with van der Waals surface area (Å²) in [6.45, 7) is 2.26. The second kappa shape index (κ2) is 11.1. The zero-order chi connectivity index (χ0) is 21.6. The largest absolute Gasteiger partial charge is 0.216 e. The zero-order valence-electron chi connectivity index (χ0n) is 19.6. The van der Waals surface area contributed by atoms with Crippen molar-refractivity contribution in [1.82, 2.24) is 0 Å². The number of aryl methyl sites for hydroxylation is 1.